The van der Waals surface area contributed by atoms with Crippen LogP contribution in [0.4, 0.5) is 0 Å². The molecule has 0 saturated carbocycles. The van der Waals surface area contributed by atoms with Crippen molar-refractivity contribution in [2.24, 2.45) is 5.92 Å². The summed E-state index contributed by atoms with van der Waals surface area (Å²) in [6.45, 7) is 1.85. The van der Waals surface area contributed by atoms with Crippen molar-refractivity contribution in [2.45, 2.75) is 25.2 Å². The summed E-state index contributed by atoms with van der Waals surface area (Å²) in [5, 5.41) is 1.17. The number of benzene rings is 1. The minimum atomic E-state index is -0.146. The topological polar surface area (TPSA) is 43.4 Å². The first-order chi connectivity index (χ1) is 10.0. The SMILES string of the molecule is CC(=O)SC[C@H]1C[C@H](C(=O)OCc2ccc(Cl)cc2)CS1. The molecule has 1 heterocycles. The zero-order valence-corrected chi connectivity index (χ0v) is 14.1. The molecule has 1 fully saturated rings. The number of ether oxygens (including phenoxy) is 1. The number of carbonyl (C=O) groups is 2. The van der Waals surface area contributed by atoms with E-state index in [0.29, 0.717) is 10.3 Å². The van der Waals surface area contributed by atoms with E-state index in [9.17, 15) is 9.59 Å². The van der Waals surface area contributed by atoms with Gasteiger partial charge in [-0.25, -0.2) is 0 Å². The van der Waals surface area contributed by atoms with E-state index in [0.717, 1.165) is 23.5 Å². The second-order valence-corrected chi connectivity index (χ2v) is 7.89. The number of esters is 1. The predicted octanol–water partition coefficient (Wildman–Crippen LogP) is 3.78. The van der Waals surface area contributed by atoms with Gasteiger partial charge in [-0.15, -0.1) is 0 Å². The van der Waals surface area contributed by atoms with Gasteiger partial charge in [0.15, 0.2) is 5.12 Å². The van der Waals surface area contributed by atoms with E-state index in [-0.39, 0.29) is 23.6 Å². The molecule has 0 aliphatic carbocycles. The lowest BCUT2D eigenvalue weighted by Gasteiger charge is -2.10. The van der Waals surface area contributed by atoms with E-state index < -0.39 is 0 Å². The maximum Gasteiger partial charge on any atom is 0.310 e. The van der Waals surface area contributed by atoms with Gasteiger partial charge in [0.2, 0.25) is 0 Å². The zero-order chi connectivity index (χ0) is 15.2. The van der Waals surface area contributed by atoms with Gasteiger partial charge >= 0.3 is 5.97 Å². The Morgan fingerprint density at radius 3 is 2.76 bits per heavy atom. The minimum absolute atomic E-state index is 0.0557. The van der Waals surface area contributed by atoms with Gasteiger partial charge in [-0.05, 0) is 24.1 Å². The monoisotopic (exact) mass is 344 g/mol. The van der Waals surface area contributed by atoms with Gasteiger partial charge in [-0.1, -0.05) is 35.5 Å². The Bertz CT molecular complexity index is 504. The molecule has 0 bridgehead atoms. The quantitative estimate of drug-likeness (QED) is 0.760. The van der Waals surface area contributed by atoms with Crippen molar-refractivity contribution < 1.29 is 14.3 Å². The first kappa shape index (κ1) is 16.7. The van der Waals surface area contributed by atoms with Crippen LogP contribution in [0.2, 0.25) is 5.02 Å². The van der Waals surface area contributed by atoms with Crippen LogP contribution in [-0.4, -0.2) is 27.8 Å². The maximum absolute atomic E-state index is 12.0. The first-order valence-electron chi connectivity index (χ1n) is 6.70. The molecule has 21 heavy (non-hydrogen) atoms. The van der Waals surface area contributed by atoms with Crippen LogP contribution >= 0.6 is 35.1 Å². The van der Waals surface area contributed by atoms with E-state index in [4.69, 9.17) is 16.3 Å². The predicted molar refractivity (Wildman–Crippen MR) is 88.7 cm³/mol. The number of carbonyl (C=O) groups excluding carboxylic acids is 2. The Morgan fingerprint density at radius 1 is 1.38 bits per heavy atom. The lowest BCUT2D eigenvalue weighted by molar-refractivity contribution is -0.149. The Morgan fingerprint density at radius 2 is 2.10 bits per heavy atom. The van der Waals surface area contributed by atoms with Gasteiger partial charge in [0.1, 0.15) is 6.61 Å². The van der Waals surface area contributed by atoms with E-state index in [1.807, 2.05) is 12.1 Å². The molecule has 1 aromatic rings. The van der Waals surface area contributed by atoms with Crippen LogP contribution in [0.15, 0.2) is 24.3 Å². The average molecular weight is 345 g/mol. The van der Waals surface area contributed by atoms with Crippen LogP contribution in [-0.2, 0) is 20.9 Å². The Hall–Kier alpha value is -0.650. The van der Waals surface area contributed by atoms with Crippen LogP contribution in [0.25, 0.3) is 0 Å². The summed E-state index contributed by atoms with van der Waals surface area (Å²) in [6, 6.07) is 7.27. The van der Waals surface area contributed by atoms with Gasteiger partial charge in [-0.3, -0.25) is 9.59 Å². The Kier molecular flexibility index (Phi) is 6.45. The van der Waals surface area contributed by atoms with Gasteiger partial charge < -0.3 is 4.74 Å². The van der Waals surface area contributed by atoms with Crippen LogP contribution in [0.1, 0.15) is 18.9 Å². The molecule has 0 aromatic heterocycles. The molecule has 0 radical (unpaired) electrons. The van der Waals surface area contributed by atoms with Crippen molar-refractivity contribution in [1.82, 2.24) is 0 Å². The molecule has 0 unspecified atom stereocenters. The fraction of sp³-hybridized carbons (Fsp3) is 0.467. The highest BCUT2D eigenvalue weighted by Gasteiger charge is 2.31. The maximum atomic E-state index is 12.0. The molecule has 1 aliphatic rings. The Labute approximate surface area is 138 Å². The number of hydrogen-bond acceptors (Lipinski definition) is 5. The number of rotatable bonds is 5. The summed E-state index contributed by atoms with van der Waals surface area (Å²) < 4.78 is 5.36. The molecule has 3 nitrogen and oxygen atoms in total. The molecular formula is C15H17ClO3S2. The third-order valence-electron chi connectivity index (χ3n) is 3.18. The summed E-state index contributed by atoms with van der Waals surface area (Å²) in [7, 11) is 0. The highest BCUT2D eigenvalue weighted by molar-refractivity contribution is 8.14. The molecule has 0 spiro atoms. The molecule has 6 heteroatoms. The van der Waals surface area contributed by atoms with Crippen molar-refractivity contribution in [3.05, 3.63) is 34.9 Å². The second kappa shape index (κ2) is 8.11. The van der Waals surface area contributed by atoms with E-state index in [1.54, 1.807) is 30.8 Å². The molecule has 2 rings (SSSR count). The van der Waals surface area contributed by atoms with Crippen LogP contribution < -0.4 is 0 Å². The standard InChI is InChI=1S/C15H17ClO3S2/c1-10(17)20-9-14-6-12(8-21-14)15(18)19-7-11-2-4-13(16)5-3-11/h2-5,12,14H,6-9H2,1H3/t12-,14+/m0/s1. The van der Waals surface area contributed by atoms with Crippen molar-refractivity contribution in [1.29, 1.82) is 0 Å². The summed E-state index contributed by atoms with van der Waals surface area (Å²) >= 11 is 8.89. The van der Waals surface area contributed by atoms with Crippen LogP contribution in [0.5, 0.6) is 0 Å². The smallest absolute Gasteiger partial charge is 0.310 e. The minimum Gasteiger partial charge on any atom is -0.461 e. The lowest BCUT2D eigenvalue weighted by Crippen LogP contribution is -2.18. The molecule has 1 aromatic carbocycles. The third kappa shape index (κ3) is 5.57. The third-order valence-corrected chi connectivity index (χ3v) is 6.04. The Balaban J connectivity index is 1.74. The van der Waals surface area contributed by atoms with Crippen molar-refractivity contribution in [2.75, 3.05) is 11.5 Å². The van der Waals surface area contributed by atoms with Gasteiger partial charge in [0, 0.05) is 28.7 Å². The largest absolute Gasteiger partial charge is 0.461 e. The highest BCUT2D eigenvalue weighted by Crippen LogP contribution is 2.34. The molecule has 1 aliphatic heterocycles. The lowest BCUT2D eigenvalue weighted by atomic mass is 10.1. The molecule has 1 saturated heterocycles. The average Bonchev–Trinajstić information content (AvgIpc) is 2.93. The van der Waals surface area contributed by atoms with Crippen molar-refractivity contribution in [3.63, 3.8) is 0 Å². The first-order valence-corrected chi connectivity index (χ1v) is 9.12. The number of hydrogen-bond donors (Lipinski definition) is 0. The summed E-state index contributed by atoms with van der Waals surface area (Å²) in [6.07, 6.45) is 0.796. The normalized spacial score (nSPS) is 21.2. The van der Waals surface area contributed by atoms with Gasteiger partial charge in [0.05, 0.1) is 5.92 Å². The fourth-order valence-corrected chi connectivity index (χ4v) is 4.47. The molecule has 0 N–H and O–H groups in total. The van der Waals surface area contributed by atoms with Crippen molar-refractivity contribution in [3.8, 4) is 0 Å². The molecule has 2 atom stereocenters. The van der Waals surface area contributed by atoms with Crippen LogP contribution in [0, 0.1) is 5.92 Å². The van der Waals surface area contributed by atoms with Crippen LogP contribution in [0.3, 0.4) is 0 Å². The summed E-state index contributed by atoms with van der Waals surface area (Å²) in [5.74, 6) is 1.36. The zero-order valence-electron chi connectivity index (χ0n) is 11.7. The van der Waals surface area contributed by atoms with Gasteiger partial charge in [0.25, 0.3) is 0 Å². The number of halogens is 1. The molecule has 0 amide bonds. The number of thioether (sulfide) groups is 2. The van der Waals surface area contributed by atoms with Gasteiger partial charge in [-0.2, -0.15) is 11.8 Å². The van der Waals surface area contributed by atoms with Crippen molar-refractivity contribution >= 4 is 46.2 Å². The molecule has 114 valence electrons. The van der Waals surface area contributed by atoms with E-state index in [2.05, 4.69) is 0 Å². The highest BCUT2D eigenvalue weighted by atomic mass is 35.5. The van der Waals surface area contributed by atoms with E-state index >= 15 is 0 Å². The van der Waals surface area contributed by atoms with E-state index in [1.165, 1.54) is 11.8 Å². The molecular weight excluding hydrogens is 328 g/mol. The summed E-state index contributed by atoms with van der Waals surface area (Å²) in [5.41, 5.74) is 0.932. The second-order valence-electron chi connectivity index (χ2n) is 4.92. The summed E-state index contributed by atoms with van der Waals surface area (Å²) in [4.78, 5) is 23.0. The fourth-order valence-electron chi connectivity index (χ4n) is 2.05.